The fourth-order valence-electron chi connectivity index (χ4n) is 5.32. The summed E-state index contributed by atoms with van der Waals surface area (Å²) in [5, 5.41) is 5.22. The minimum absolute atomic E-state index is 0.0242. The third-order valence-electron chi connectivity index (χ3n) is 6.90. The molecule has 8 nitrogen and oxygen atoms in total. The van der Waals surface area contributed by atoms with Gasteiger partial charge in [-0.3, -0.25) is 19.5 Å². The molecule has 34 heavy (non-hydrogen) atoms. The number of hydrazine groups is 1. The highest BCUT2D eigenvalue weighted by molar-refractivity contribution is 6.30. The molecule has 1 saturated carbocycles. The zero-order valence-corrected chi connectivity index (χ0v) is 21.2. The summed E-state index contributed by atoms with van der Waals surface area (Å²) in [6.45, 7) is 9.80. The van der Waals surface area contributed by atoms with E-state index in [2.05, 4.69) is 38.4 Å². The SMILES string of the molecule is CC(C)CNC(=O)C1CCC2C(=O)N(CC(C)C)C3NN(Cc4cccc(Cl)c4)C(=O)N3C2C1. The number of rotatable bonds is 7. The van der Waals surface area contributed by atoms with Gasteiger partial charge >= 0.3 is 6.03 Å². The lowest BCUT2D eigenvalue weighted by molar-refractivity contribution is -0.159. The van der Waals surface area contributed by atoms with Gasteiger partial charge in [-0.05, 0) is 48.8 Å². The molecule has 0 aromatic heterocycles. The molecular weight excluding hydrogens is 454 g/mol. The lowest BCUT2D eigenvalue weighted by Crippen LogP contribution is -2.67. The number of carbonyl (C=O) groups is 3. The normalized spacial score (nSPS) is 26.9. The molecule has 4 atom stereocenters. The summed E-state index contributed by atoms with van der Waals surface area (Å²) >= 11 is 6.15. The van der Waals surface area contributed by atoms with Crippen LogP contribution in [-0.2, 0) is 16.1 Å². The van der Waals surface area contributed by atoms with Gasteiger partial charge in [0.05, 0.1) is 12.5 Å². The van der Waals surface area contributed by atoms with Crippen LogP contribution in [0.5, 0.6) is 0 Å². The molecule has 2 aliphatic heterocycles. The van der Waals surface area contributed by atoms with E-state index in [9.17, 15) is 14.4 Å². The second-order valence-electron chi connectivity index (χ2n) is 10.6. The number of benzene rings is 1. The van der Waals surface area contributed by atoms with Crippen LogP contribution < -0.4 is 10.7 Å². The maximum atomic E-state index is 13.6. The predicted molar refractivity (Wildman–Crippen MR) is 130 cm³/mol. The molecule has 2 saturated heterocycles. The fourth-order valence-corrected chi connectivity index (χ4v) is 5.53. The number of fused-ring (bicyclic) bond motifs is 3. The van der Waals surface area contributed by atoms with Crippen LogP contribution in [0.1, 0.15) is 52.5 Å². The first-order chi connectivity index (χ1) is 16.2. The van der Waals surface area contributed by atoms with Crippen LogP contribution in [0.25, 0.3) is 0 Å². The molecule has 4 rings (SSSR count). The highest BCUT2D eigenvalue weighted by atomic mass is 35.5. The molecule has 2 heterocycles. The van der Waals surface area contributed by atoms with E-state index in [1.807, 2.05) is 18.2 Å². The number of nitrogens with zero attached hydrogens (tertiary/aromatic N) is 3. The van der Waals surface area contributed by atoms with Crippen molar-refractivity contribution in [3.8, 4) is 0 Å². The molecule has 3 fully saturated rings. The number of urea groups is 1. The van der Waals surface area contributed by atoms with Gasteiger partial charge in [-0.25, -0.2) is 4.79 Å². The van der Waals surface area contributed by atoms with E-state index >= 15 is 0 Å². The molecule has 2 N–H and O–H groups in total. The van der Waals surface area contributed by atoms with Crippen molar-refractivity contribution in [1.82, 2.24) is 25.6 Å². The van der Waals surface area contributed by atoms with Crippen LogP contribution in [0.15, 0.2) is 24.3 Å². The van der Waals surface area contributed by atoms with Gasteiger partial charge in [0.25, 0.3) is 0 Å². The minimum Gasteiger partial charge on any atom is -0.356 e. The zero-order valence-electron chi connectivity index (χ0n) is 20.5. The molecular formula is C25H36ClN5O3. The predicted octanol–water partition coefficient (Wildman–Crippen LogP) is 3.42. The van der Waals surface area contributed by atoms with Crippen molar-refractivity contribution in [3.05, 3.63) is 34.9 Å². The molecule has 0 radical (unpaired) electrons. The van der Waals surface area contributed by atoms with E-state index in [0.717, 1.165) is 5.56 Å². The molecule has 0 spiro atoms. The molecule has 0 bridgehead atoms. The van der Waals surface area contributed by atoms with Gasteiger partial charge in [0, 0.05) is 30.1 Å². The average molecular weight is 490 g/mol. The second-order valence-corrected chi connectivity index (χ2v) is 11.1. The Morgan fingerprint density at radius 3 is 2.62 bits per heavy atom. The van der Waals surface area contributed by atoms with Crippen molar-refractivity contribution in [2.75, 3.05) is 13.1 Å². The van der Waals surface area contributed by atoms with E-state index in [-0.39, 0.29) is 41.6 Å². The third-order valence-corrected chi connectivity index (χ3v) is 7.14. The van der Waals surface area contributed by atoms with Crippen molar-refractivity contribution in [2.24, 2.45) is 23.7 Å². The fraction of sp³-hybridized carbons (Fsp3) is 0.640. The maximum Gasteiger partial charge on any atom is 0.337 e. The highest BCUT2D eigenvalue weighted by Gasteiger charge is 2.56. The molecule has 1 aromatic carbocycles. The van der Waals surface area contributed by atoms with Gasteiger partial charge in [0.2, 0.25) is 11.8 Å². The molecule has 1 aromatic rings. The van der Waals surface area contributed by atoms with Gasteiger partial charge in [0.1, 0.15) is 0 Å². The monoisotopic (exact) mass is 489 g/mol. The lowest BCUT2D eigenvalue weighted by atomic mass is 9.75. The van der Waals surface area contributed by atoms with Crippen LogP contribution in [0.2, 0.25) is 5.02 Å². The molecule has 186 valence electrons. The van der Waals surface area contributed by atoms with Crippen molar-refractivity contribution in [2.45, 2.75) is 65.8 Å². The molecule has 3 aliphatic rings. The van der Waals surface area contributed by atoms with Crippen LogP contribution in [0.4, 0.5) is 4.79 Å². The van der Waals surface area contributed by atoms with Gasteiger partial charge in [-0.15, -0.1) is 0 Å². The molecule has 4 unspecified atom stereocenters. The summed E-state index contributed by atoms with van der Waals surface area (Å²) in [5.74, 6) is 0.261. The summed E-state index contributed by atoms with van der Waals surface area (Å²) < 4.78 is 0. The summed E-state index contributed by atoms with van der Waals surface area (Å²) in [6, 6.07) is 6.96. The number of amides is 4. The van der Waals surface area contributed by atoms with Crippen molar-refractivity contribution in [1.29, 1.82) is 0 Å². The lowest BCUT2D eigenvalue weighted by Gasteiger charge is -2.50. The van der Waals surface area contributed by atoms with E-state index in [4.69, 9.17) is 11.6 Å². The Kier molecular flexibility index (Phi) is 7.38. The van der Waals surface area contributed by atoms with Crippen molar-refractivity contribution >= 4 is 29.4 Å². The second kappa shape index (κ2) is 10.1. The van der Waals surface area contributed by atoms with E-state index < -0.39 is 6.29 Å². The van der Waals surface area contributed by atoms with Gasteiger partial charge in [0.15, 0.2) is 6.29 Å². The standard InChI is InChI=1S/C25H36ClN5O3/c1-15(2)12-27-22(32)18-8-9-20-21(11-18)31-24(29(23(20)33)13-16(3)4)28-30(25(31)34)14-17-6-5-7-19(26)10-17/h5-7,10,15-16,18,20-21,24,28H,8-9,11-14H2,1-4H3,(H,27,32). The quantitative estimate of drug-likeness (QED) is 0.614. The van der Waals surface area contributed by atoms with Crippen molar-refractivity contribution < 1.29 is 14.4 Å². The smallest absolute Gasteiger partial charge is 0.337 e. The Labute approximate surface area is 206 Å². The van der Waals surface area contributed by atoms with E-state index in [1.165, 1.54) is 0 Å². The van der Waals surface area contributed by atoms with E-state index in [1.54, 1.807) is 20.9 Å². The number of hydrogen-bond donors (Lipinski definition) is 2. The summed E-state index contributed by atoms with van der Waals surface area (Å²) in [4.78, 5) is 43.6. The Morgan fingerprint density at radius 1 is 1.18 bits per heavy atom. The zero-order chi connectivity index (χ0) is 24.6. The maximum absolute atomic E-state index is 13.6. The first kappa shape index (κ1) is 24.8. The Bertz CT molecular complexity index is 939. The largest absolute Gasteiger partial charge is 0.356 e. The minimum atomic E-state index is -0.541. The average Bonchev–Trinajstić information content (AvgIpc) is 3.10. The number of hydrogen-bond acceptors (Lipinski definition) is 4. The van der Waals surface area contributed by atoms with Crippen LogP contribution in [-0.4, -0.2) is 58.1 Å². The molecule has 9 heteroatoms. The number of carbonyl (C=O) groups excluding carboxylic acids is 3. The first-order valence-corrected chi connectivity index (χ1v) is 12.7. The number of halogens is 1. The topological polar surface area (TPSA) is 85.0 Å². The Hall–Kier alpha value is -2.32. The third kappa shape index (κ3) is 5.03. The number of nitrogens with one attached hydrogen (secondary N) is 2. The highest BCUT2D eigenvalue weighted by Crippen LogP contribution is 2.40. The summed E-state index contributed by atoms with van der Waals surface area (Å²) in [5.41, 5.74) is 4.19. The van der Waals surface area contributed by atoms with Crippen LogP contribution in [0.3, 0.4) is 0 Å². The molecule has 1 aliphatic carbocycles. The van der Waals surface area contributed by atoms with Gasteiger partial charge in [-0.1, -0.05) is 51.4 Å². The van der Waals surface area contributed by atoms with Crippen LogP contribution in [0, 0.1) is 23.7 Å². The Morgan fingerprint density at radius 2 is 1.94 bits per heavy atom. The summed E-state index contributed by atoms with van der Waals surface area (Å²) in [6.07, 6.45) is 1.24. The van der Waals surface area contributed by atoms with Crippen molar-refractivity contribution in [3.63, 3.8) is 0 Å². The molecule has 4 amide bonds. The Balaban J connectivity index is 1.57. The van der Waals surface area contributed by atoms with Crippen LogP contribution >= 0.6 is 11.6 Å². The van der Waals surface area contributed by atoms with E-state index in [0.29, 0.717) is 49.8 Å². The van der Waals surface area contributed by atoms with Gasteiger partial charge < -0.3 is 10.2 Å². The first-order valence-electron chi connectivity index (χ1n) is 12.3. The van der Waals surface area contributed by atoms with Gasteiger partial charge in [-0.2, -0.15) is 5.43 Å². The summed E-state index contributed by atoms with van der Waals surface area (Å²) in [7, 11) is 0.